The molecule has 0 spiro atoms. The highest BCUT2D eigenvalue weighted by atomic mass is 16.7. The van der Waals surface area contributed by atoms with Crippen LogP contribution in [0.2, 0.25) is 0 Å². The fourth-order valence-corrected chi connectivity index (χ4v) is 5.41. The molecule has 0 saturated heterocycles. The molecule has 0 bridgehead atoms. The molecule has 1 aliphatic rings. The van der Waals surface area contributed by atoms with Gasteiger partial charge in [-0.15, -0.1) is 0 Å². The third-order valence-electron chi connectivity index (χ3n) is 7.97. The molecular formula is C37H40N2O9. The molecule has 0 aliphatic carbocycles. The monoisotopic (exact) mass is 656 g/mol. The first-order chi connectivity index (χ1) is 23.3. The van der Waals surface area contributed by atoms with E-state index in [1.807, 2.05) is 25.1 Å². The second kappa shape index (κ2) is 15.4. The number of benzene rings is 3. The van der Waals surface area contributed by atoms with Gasteiger partial charge in [0.2, 0.25) is 5.75 Å². The number of nitrogens with one attached hydrogen (secondary N) is 1. The summed E-state index contributed by atoms with van der Waals surface area (Å²) in [6.45, 7) is 2.87. The molecule has 5 rings (SSSR count). The highest BCUT2D eigenvalue weighted by Gasteiger charge is 2.23. The van der Waals surface area contributed by atoms with Gasteiger partial charge in [0, 0.05) is 40.7 Å². The molecule has 48 heavy (non-hydrogen) atoms. The Morgan fingerprint density at radius 3 is 2.19 bits per heavy atom. The van der Waals surface area contributed by atoms with E-state index in [-0.39, 0.29) is 11.3 Å². The first-order valence-corrected chi connectivity index (χ1v) is 15.5. The van der Waals surface area contributed by atoms with E-state index in [1.165, 1.54) is 35.5 Å². The molecule has 0 atom stereocenters. The molecule has 0 saturated carbocycles. The van der Waals surface area contributed by atoms with Crippen LogP contribution in [0.25, 0.3) is 22.3 Å². The van der Waals surface area contributed by atoms with Crippen LogP contribution in [-0.2, 0) is 11.3 Å². The van der Waals surface area contributed by atoms with Crippen LogP contribution in [0, 0.1) is 6.92 Å². The lowest BCUT2D eigenvalue weighted by molar-refractivity contribution is -0.114. The van der Waals surface area contributed by atoms with Crippen molar-refractivity contribution in [2.24, 2.45) is 0 Å². The molecule has 4 aromatic rings. The first kappa shape index (κ1) is 33.9. The van der Waals surface area contributed by atoms with Gasteiger partial charge in [0.25, 0.3) is 5.91 Å². The summed E-state index contributed by atoms with van der Waals surface area (Å²) in [7, 11) is 7.63. The van der Waals surface area contributed by atoms with Crippen LogP contribution < -0.4 is 34.4 Å². The lowest BCUT2D eigenvalue weighted by Crippen LogP contribution is -2.27. The maximum Gasteiger partial charge on any atom is 0.255 e. The summed E-state index contributed by atoms with van der Waals surface area (Å²) in [5.41, 5.74) is 3.59. The number of carbonyl (C=O) groups is 1. The minimum absolute atomic E-state index is 0.166. The SMILES string of the molecule is COc1cc(OC)c2c(=O)c(CCCCON3C=CC(NC(=O)c4ccc(C)cc4)=CC3)c(-c3cc(OC)c(OC)c(OC)c3)oc2c1. The largest absolute Gasteiger partial charge is 0.496 e. The smallest absolute Gasteiger partial charge is 0.255 e. The Kier molecular flexibility index (Phi) is 10.9. The fraction of sp³-hybridized carbons (Fsp3) is 0.297. The van der Waals surface area contributed by atoms with E-state index in [0.29, 0.717) is 100 Å². The summed E-state index contributed by atoms with van der Waals surface area (Å²) >= 11 is 0. The molecule has 11 heteroatoms. The number of hydrogen-bond donors (Lipinski definition) is 1. The van der Waals surface area contributed by atoms with Crippen molar-refractivity contribution in [1.82, 2.24) is 10.4 Å². The average molecular weight is 657 g/mol. The number of amides is 1. The van der Waals surface area contributed by atoms with Gasteiger partial charge in [-0.05, 0) is 62.6 Å². The number of ether oxygens (including phenoxy) is 5. The van der Waals surface area contributed by atoms with E-state index in [9.17, 15) is 9.59 Å². The van der Waals surface area contributed by atoms with Crippen molar-refractivity contribution in [2.75, 3.05) is 48.7 Å². The Hall–Kier alpha value is -5.42. The molecule has 3 aromatic carbocycles. The summed E-state index contributed by atoms with van der Waals surface area (Å²) in [6, 6.07) is 14.3. The fourth-order valence-electron chi connectivity index (χ4n) is 5.41. The molecule has 0 radical (unpaired) electrons. The predicted octanol–water partition coefficient (Wildman–Crippen LogP) is 6.21. The van der Waals surface area contributed by atoms with Gasteiger partial charge >= 0.3 is 0 Å². The van der Waals surface area contributed by atoms with Gasteiger partial charge in [-0.3, -0.25) is 19.5 Å². The topological polar surface area (TPSA) is 118 Å². The molecular weight excluding hydrogens is 616 g/mol. The van der Waals surface area contributed by atoms with E-state index in [2.05, 4.69) is 5.32 Å². The van der Waals surface area contributed by atoms with Crippen LogP contribution in [-0.4, -0.2) is 59.7 Å². The molecule has 1 N–H and O–H groups in total. The van der Waals surface area contributed by atoms with Crippen LogP contribution in [0.15, 0.2) is 81.8 Å². The third kappa shape index (κ3) is 7.42. The second-order valence-electron chi connectivity index (χ2n) is 11.0. The second-order valence-corrected chi connectivity index (χ2v) is 11.0. The zero-order valence-electron chi connectivity index (χ0n) is 28.0. The first-order valence-electron chi connectivity index (χ1n) is 15.5. The molecule has 252 valence electrons. The summed E-state index contributed by atoms with van der Waals surface area (Å²) in [5, 5.41) is 4.95. The van der Waals surface area contributed by atoms with Crippen LogP contribution in [0.4, 0.5) is 0 Å². The number of hydroxylamine groups is 2. The van der Waals surface area contributed by atoms with Gasteiger partial charge in [-0.25, -0.2) is 0 Å². The Morgan fingerprint density at radius 1 is 0.875 bits per heavy atom. The molecule has 1 aliphatic heterocycles. The number of carbonyl (C=O) groups excluding carboxylic acids is 1. The van der Waals surface area contributed by atoms with E-state index < -0.39 is 0 Å². The number of methoxy groups -OCH3 is 5. The zero-order chi connectivity index (χ0) is 34.2. The zero-order valence-corrected chi connectivity index (χ0v) is 28.0. The third-order valence-corrected chi connectivity index (χ3v) is 7.97. The van der Waals surface area contributed by atoms with Crippen LogP contribution in [0.3, 0.4) is 0 Å². The summed E-state index contributed by atoms with van der Waals surface area (Å²) in [4.78, 5) is 32.6. The molecule has 1 amide bonds. The maximum atomic E-state index is 14.1. The lowest BCUT2D eigenvalue weighted by Gasteiger charge is -2.22. The molecule has 2 heterocycles. The van der Waals surface area contributed by atoms with Gasteiger partial charge in [-0.2, -0.15) is 0 Å². The number of nitrogens with zero attached hydrogens (tertiary/aromatic N) is 1. The predicted molar refractivity (Wildman–Crippen MR) is 182 cm³/mol. The Balaban J connectivity index is 1.30. The molecule has 1 aromatic heterocycles. The Labute approximate surface area is 279 Å². The number of rotatable bonds is 14. The summed E-state index contributed by atoms with van der Waals surface area (Å²) < 4.78 is 34.1. The van der Waals surface area contributed by atoms with Crippen molar-refractivity contribution in [3.8, 4) is 40.1 Å². The molecule has 0 unspecified atom stereocenters. The highest BCUT2D eigenvalue weighted by molar-refractivity contribution is 5.95. The standard InChI is InChI=1S/C37H40N2O9/c1-23-10-12-24(13-11-23)37(41)38-26-14-16-39(17-15-26)47-18-8-7-9-28-34(40)33-29(43-3)21-27(42-2)22-30(33)48-35(28)25-19-31(44-4)36(46-6)32(20-25)45-5/h10-16,19-22H,7-9,17-18H2,1-6H3,(H,38,41). The number of allylic oxidation sites excluding steroid dienone is 1. The van der Waals surface area contributed by atoms with Crippen molar-refractivity contribution in [3.63, 3.8) is 0 Å². The lowest BCUT2D eigenvalue weighted by atomic mass is 9.99. The summed E-state index contributed by atoms with van der Waals surface area (Å²) in [6.07, 6.45) is 7.17. The van der Waals surface area contributed by atoms with Crippen molar-refractivity contribution < 1.29 is 37.7 Å². The number of aryl methyl sites for hydroxylation is 1. The highest BCUT2D eigenvalue weighted by Crippen LogP contribution is 2.43. The number of fused-ring (bicyclic) bond motifs is 1. The summed E-state index contributed by atoms with van der Waals surface area (Å²) in [5.74, 6) is 2.35. The van der Waals surface area contributed by atoms with Crippen LogP contribution >= 0.6 is 0 Å². The number of unbranched alkanes of at least 4 members (excludes halogenated alkanes) is 1. The normalized spacial score (nSPS) is 12.5. The van der Waals surface area contributed by atoms with Crippen molar-refractivity contribution in [1.29, 1.82) is 0 Å². The average Bonchev–Trinajstić information content (AvgIpc) is 3.11. The van der Waals surface area contributed by atoms with Gasteiger partial charge in [0.05, 0.1) is 48.7 Å². The van der Waals surface area contributed by atoms with Crippen molar-refractivity contribution >= 4 is 16.9 Å². The van der Waals surface area contributed by atoms with Crippen LogP contribution in [0.5, 0.6) is 28.7 Å². The Bertz CT molecular complexity index is 1870. The van der Waals surface area contributed by atoms with Gasteiger partial charge in [-0.1, -0.05) is 17.7 Å². The van der Waals surface area contributed by atoms with E-state index >= 15 is 0 Å². The van der Waals surface area contributed by atoms with Gasteiger partial charge < -0.3 is 33.4 Å². The van der Waals surface area contributed by atoms with Crippen molar-refractivity contribution in [2.45, 2.75) is 26.2 Å². The van der Waals surface area contributed by atoms with Crippen LogP contribution in [0.1, 0.15) is 34.3 Å². The minimum Gasteiger partial charge on any atom is -0.496 e. The quantitative estimate of drug-likeness (QED) is 0.157. The minimum atomic E-state index is -0.204. The maximum absolute atomic E-state index is 14.1. The Morgan fingerprint density at radius 2 is 1.58 bits per heavy atom. The molecule has 11 nitrogen and oxygen atoms in total. The van der Waals surface area contributed by atoms with Gasteiger partial charge in [0.15, 0.2) is 16.9 Å². The number of hydrogen-bond acceptors (Lipinski definition) is 10. The van der Waals surface area contributed by atoms with Crippen molar-refractivity contribution in [3.05, 3.63) is 99.5 Å². The van der Waals surface area contributed by atoms with E-state index in [0.717, 1.165) is 5.56 Å². The van der Waals surface area contributed by atoms with E-state index in [4.69, 9.17) is 32.9 Å². The van der Waals surface area contributed by atoms with E-state index in [1.54, 1.807) is 53.7 Å². The molecule has 0 fully saturated rings. The van der Waals surface area contributed by atoms with Gasteiger partial charge in [0.1, 0.15) is 28.2 Å².